The topological polar surface area (TPSA) is 31.5 Å². The molecule has 0 amide bonds. The minimum atomic E-state index is 0. The first-order chi connectivity index (χ1) is 0. The van der Waals surface area contributed by atoms with Crippen LogP contribution in [0.5, 0.6) is 0 Å². The molecule has 0 aliphatic rings. The molecule has 0 aromatic heterocycles. The summed E-state index contributed by atoms with van der Waals surface area (Å²) in [6.45, 7) is 0. The van der Waals surface area contributed by atoms with Crippen molar-refractivity contribution >= 4 is 36.1 Å². The zero-order chi connectivity index (χ0) is 0. The van der Waals surface area contributed by atoms with Gasteiger partial charge in [-0.3, -0.25) is 0 Å². The number of hydrogen-bond donors (Lipinski definition) is 0. The summed E-state index contributed by atoms with van der Waals surface area (Å²) in [5.41, 5.74) is 0. The van der Waals surface area contributed by atoms with Crippen LogP contribution in [0.2, 0.25) is 0 Å². The Morgan fingerprint density at radius 3 is 1.00 bits per heavy atom. The Bertz CT molecular complexity index is 8.00. The summed E-state index contributed by atoms with van der Waals surface area (Å²) < 4.78 is 0. The molecule has 0 aromatic carbocycles. The quantitative estimate of drug-likeness (QED) is 0.399. The van der Waals surface area contributed by atoms with Gasteiger partial charge in [-0.2, -0.15) is 9.90 Å². The molecule has 0 fully saturated rings. The SMILES string of the molecule is O.P.[Bi].[Co]. The molecule has 0 bridgehead atoms. The van der Waals surface area contributed by atoms with E-state index in [0.29, 0.717) is 0 Å². The maximum absolute atomic E-state index is 0. The molecule has 0 aliphatic carbocycles. The Hall–Kier alpha value is 1.78. The van der Waals surface area contributed by atoms with Crippen LogP contribution >= 0.6 is 9.90 Å². The van der Waals surface area contributed by atoms with E-state index < -0.39 is 0 Å². The molecule has 30 valence electrons. The van der Waals surface area contributed by atoms with Gasteiger partial charge in [-0.25, -0.2) is 0 Å². The van der Waals surface area contributed by atoms with E-state index in [1.54, 1.807) is 0 Å². The van der Waals surface area contributed by atoms with Gasteiger partial charge >= 0.3 is 0 Å². The van der Waals surface area contributed by atoms with Gasteiger partial charge in [0, 0.05) is 43.0 Å². The minimum Gasteiger partial charge on any atom is -0.412 e. The third-order valence-corrected chi connectivity index (χ3v) is 0. The smallest absolute Gasteiger partial charge is 0 e. The second-order valence-corrected chi connectivity index (χ2v) is 0. The normalized spacial score (nSPS) is 0. The van der Waals surface area contributed by atoms with Crippen LogP contribution in [-0.2, 0) is 16.8 Å². The predicted molar refractivity (Wildman–Crippen MR) is 20.5 cm³/mol. The summed E-state index contributed by atoms with van der Waals surface area (Å²) in [5, 5.41) is 0. The van der Waals surface area contributed by atoms with Crippen molar-refractivity contribution in [3.05, 3.63) is 0 Å². The van der Waals surface area contributed by atoms with Gasteiger partial charge in [0.25, 0.3) is 0 Å². The van der Waals surface area contributed by atoms with Crippen LogP contribution in [0.4, 0.5) is 0 Å². The van der Waals surface area contributed by atoms with Crippen LogP contribution < -0.4 is 0 Å². The molecule has 1 nitrogen and oxygen atoms in total. The van der Waals surface area contributed by atoms with Gasteiger partial charge in [0.15, 0.2) is 0 Å². The zero-order valence-corrected chi connectivity index (χ0v) is 7.92. The van der Waals surface area contributed by atoms with E-state index in [-0.39, 0.29) is 58.4 Å². The average molecular weight is 320 g/mol. The second kappa shape index (κ2) is 21.6. The van der Waals surface area contributed by atoms with Crippen molar-refractivity contribution < 1.29 is 22.3 Å². The second-order valence-electron chi connectivity index (χ2n) is 0. The van der Waals surface area contributed by atoms with Crippen molar-refractivity contribution in [2.45, 2.75) is 0 Å². The molecule has 1 atom stereocenters. The third kappa shape index (κ3) is 9.22. The monoisotopic (exact) mass is 320 g/mol. The molecule has 0 saturated carbocycles. The third-order valence-electron chi connectivity index (χ3n) is 0. The van der Waals surface area contributed by atoms with Gasteiger partial charge in [-0.15, -0.1) is 0 Å². The van der Waals surface area contributed by atoms with Crippen molar-refractivity contribution in [2.75, 3.05) is 0 Å². The Kier molecular flexibility index (Phi) is 225. The molecular formula is H5BiCoOP. The molecule has 4 heavy (non-hydrogen) atoms. The van der Waals surface area contributed by atoms with Crippen LogP contribution in [0, 0.1) is 0 Å². The van der Waals surface area contributed by atoms with Crippen molar-refractivity contribution in [3.8, 4) is 0 Å². The van der Waals surface area contributed by atoms with Gasteiger partial charge in [0.05, 0.1) is 0 Å². The Morgan fingerprint density at radius 2 is 1.00 bits per heavy atom. The number of rotatable bonds is 0. The Labute approximate surface area is 58.2 Å². The van der Waals surface area contributed by atoms with Crippen LogP contribution in [0.25, 0.3) is 0 Å². The predicted octanol–water partition coefficient (Wildman–Crippen LogP) is -1.15. The van der Waals surface area contributed by atoms with E-state index >= 15 is 0 Å². The molecule has 4 radical (unpaired) electrons. The Balaban J connectivity index is 0. The molecule has 0 aliphatic heterocycles. The van der Waals surface area contributed by atoms with E-state index in [1.807, 2.05) is 0 Å². The summed E-state index contributed by atoms with van der Waals surface area (Å²) in [5.74, 6) is 0. The molecule has 0 saturated heterocycles. The fourth-order valence-corrected chi connectivity index (χ4v) is 0. The van der Waals surface area contributed by atoms with Gasteiger partial charge < -0.3 is 5.48 Å². The zero-order valence-electron chi connectivity index (χ0n) is 1.99. The fourth-order valence-electron chi connectivity index (χ4n) is 0. The standard InChI is InChI=1S/Bi.Co.H2O.H3P/h;;1H2;1H3. The molecule has 0 rings (SSSR count). The first-order valence-corrected chi connectivity index (χ1v) is 0. The van der Waals surface area contributed by atoms with Crippen molar-refractivity contribution in [3.63, 3.8) is 0 Å². The van der Waals surface area contributed by atoms with Crippen molar-refractivity contribution in [1.29, 1.82) is 0 Å². The molecule has 2 N–H and O–H groups in total. The Morgan fingerprint density at radius 1 is 1.00 bits per heavy atom. The van der Waals surface area contributed by atoms with E-state index in [1.165, 1.54) is 0 Å². The van der Waals surface area contributed by atoms with E-state index in [4.69, 9.17) is 0 Å². The summed E-state index contributed by atoms with van der Waals surface area (Å²) in [4.78, 5) is 0. The first-order valence-electron chi connectivity index (χ1n) is 0. The fraction of sp³-hybridized carbons (Fsp3) is 0. The maximum atomic E-state index is 0. The van der Waals surface area contributed by atoms with E-state index in [2.05, 4.69) is 0 Å². The molecular weight excluding hydrogens is 315 g/mol. The van der Waals surface area contributed by atoms with Crippen LogP contribution in [-0.4, -0.2) is 31.7 Å². The summed E-state index contributed by atoms with van der Waals surface area (Å²) >= 11 is 0. The van der Waals surface area contributed by atoms with Gasteiger partial charge in [-0.05, 0) is 0 Å². The molecule has 0 spiro atoms. The first kappa shape index (κ1) is 41.7. The van der Waals surface area contributed by atoms with Crippen LogP contribution in [0.1, 0.15) is 0 Å². The average Bonchev–Trinajstić information content (AvgIpc) is 0. The van der Waals surface area contributed by atoms with Crippen molar-refractivity contribution in [2.24, 2.45) is 0 Å². The van der Waals surface area contributed by atoms with Gasteiger partial charge in [-0.1, -0.05) is 0 Å². The minimum absolute atomic E-state index is 0. The van der Waals surface area contributed by atoms with Crippen molar-refractivity contribution in [1.82, 2.24) is 0 Å². The summed E-state index contributed by atoms with van der Waals surface area (Å²) in [7, 11) is 0. The molecule has 4 heteroatoms. The summed E-state index contributed by atoms with van der Waals surface area (Å²) in [6.07, 6.45) is 0. The van der Waals surface area contributed by atoms with Crippen LogP contribution in [0.3, 0.4) is 0 Å². The number of hydrogen-bond acceptors (Lipinski definition) is 0. The maximum Gasteiger partial charge on any atom is 0 e. The molecule has 1 unspecified atom stereocenters. The van der Waals surface area contributed by atoms with Gasteiger partial charge in [0.1, 0.15) is 0 Å². The largest absolute Gasteiger partial charge is 0.412 e. The van der Waals surface area contributed by atoms with E-state index in [0.717, 1.165) is 0 Å². The van der Waals surface area contributed by atoms with Crippen LogP contribution in [0.15, 0.2) is 0 Å². The molecule has 0 aromatic rings. The summed E-state index contributed by atoms with van der Waals surface area (Å²) in [6, 6.07) is 0. The van der Waals surface area contributed by atoms with E-state index in [9.17, 15) is 0 Å². The van der Waals surface area contributed by atoms with Gasteiger partial charge in [0.2, 0.25) is 0 Å². The molecule has 0 heterocycles.